The van der Waals surface area contributed by atoms with Gasteiger partial charge in [-0.05, 0) is 49.2 Å². The summed E-state index contributed by atoms with van der Waals surface area (Å²) in [5.41, 5.74) is 2.47. The first-order valence-electron chi connectivity index (χ1n) is 6.30. The van der Waals surface area contributed by atoms with E-state index in [0.29, 0.717) is 10.6 Å². The molecule has 0 saturated heterocycles. The zero-order chi connectivity index (χ0) is 14.7. The standard InChI is InChI=1S/C16H15BrClNO/c1-10-14(4-3-5-15(10)18)16(20)19-11(2)12-6-8-13(17)9-7-12/h3-9,11H,1-2H3,(H,19,20). The molecule has 0 bridgehead atoms. The molecule has 0 aromatic heterocycles. The van der Waals surface area contributed by atoms with Crippen LogP contribution in [0.5, 0.6) is 0 Å². The molecule has 1 unspecified atom stereocenters. The van der Waals surface area contributed by atoms with E-state index in [2.05, 4.69) is 21.2 Å². The lowest BCUT2D eigenvalue weighted by Crippen LogP contribution is -2.27. The molecule has 0 fully saturated rings. The van der Waals surface area contributed by atoms with E-state index in [1.165, 1.54) is 0 Å². The van der Waals surface area contributed by atoms with Crippen LogP contribution >= 0.6 is 27.5 Å². The minimum absolute atomic E-state index is 0.0611. The quantitative estimate of drug-likeness (QED) is 0.836. The van der Waals surface area contributed by atoms with Crippen LogP contribution in [0.25, 0.3) is 0 Å². The van der Waals surface area contributed by atoms with Crippen LogP contribution in [0.2, 0.25) is 5.02 Å². The minimum Gasteiger partial charge on any atom is -0.346 e. The van der Waals surface area contributed by atoms with Gasteiger partial charge in [-0.2, -0.15) is 0 Å². The van der Waals surface area contributed by atoms with Crippen molar-refractivity contribution < 1.29 is 4.79 Å². The monoisotopic (exact) mass is 351 g/mol. The molecule has 2 rings (SSSR count). The van der Waals surface area contributed by atoms with Crippen LogP contribution in [0, 0.1) is 6.92 Å². The Morgan fingerprint density at radius 3 is 2.50 bits per heavy atom. The summed E-state index contributed by atoms with van der Waals surface area (Å²) in [6.45, 7) is 3.81. The van der Waals surface area contributed by atoms with E-state index in [4.69, 9.17) is 11.6 Å². The summed E-state index contributed by atoms with van der Waals surface area (Å²) in [4.78, 5) is 12.3. The SMILES string of the molecule is Cc1c(Cl)cccc1C(=O)NC(C)c1ccc(Br)cc1. The van der Waals surface area contributed by atoms with Crippen molar-refractivity contribution in [2.45, 2.75) is 19.9 Å². The number of benzene rings is 2. The van der Waals surface area contributed by atoms with Gasteiger partial charge in [0, 0.05) is 15.1 Å². The highest BCUT2D eigenvalue weighted by Crippen LogP contribution is 2.21. The highest BCUT2D eigenvalue weighted by molar-refractivity contribution is 9.10. The molecule has 1 atom stereocenters. The summed E-state index contributed by atoms with van der Waals surface area (Å²) < 4.78 is 1.02. The fraction of sp³-hybridized carbons (Fsp3) is 0.188. The summed E-state index contributed by atoms with van der Waals surface area (Å²) >= 11 is 9.44. The maximum absolute atomic E-state index is 12.3. The number of carbonyl (C=O) groups is 1. The zero-order valence-corrected chi connectivity index (χ0v) is 13.6. The van der Waals surface area contributed by atoms with Crippen molar-refractivity contribution in [2.75, 3.05) is 0 Å². The van der Waals surface area contributed by atoms with Gasteiger partial charge in [-0.1, -0.05) is 45.7 Å². The molecular weight excluding hydrogens is 338 g/mol. The minimum atomic E-state index is -0.111. The van der Waals surface area contributed by atoms with Gasteiger partial charge in [-0.15, -0.1) is 0 Å². The van der Waals surface area contributed by atoms with Crippen molar-refractivity contribution >= 4 is 33.4 Å². The van der Waals surface area contributed by atoms with Crippen molar-refractivity contribution in [3.63, 3.8) is 0 Å². The van der Waals surface area contributed by atoms with Crippen LogP contribution in [-0.2, 0) is 0 Å². The van der Waals surface area contributed by atoms with Gasteiger partial charge in [0.1, 0.15) is 0 Å². The molecule has 0 radical (unpaired) electrons. The number of hydrogen-bond acceptors (Lipinski definition) is 1. The molecule has 1 amide bonds. The lowest BCUT2D eigenvalue weighted by molar-refractivity contribution is 0.0939. The Morgan fingerprint density at radius 1 is 1.20 bits per heavy atom. The number of hydrogen-bond donors (Lipinski definition) is 1. The molecule has 0 aliphatic carbocycles. The Labute approximate surface area is 132 Å². The van der Waals surface area contributed by atoms with Gasteiger partial charge in [0.15, 0.2) is 0 Å². The van der Waals surface area contributed by atoms with Gasteiger partial charge in [-0.3, -0.25) is 4.79 Å². The maximum Gasteiger partial charge on any atom is 0.252 e. The number of amides is 1. The Hall–Kier alpha value is -1.32. The smallest absolute Gasteiger partial charge is 0.252 e. The molecule has 20 heavy (non-hydrogen) atoms. The van der Waals surface area contributed by atoms with Crippen LogP contribution in [-0.4, -0.2) is 5.91 Å². The fourth-order valence-electron chi connectivity index (χ4n) is 1.96. The Kier molecular flexibility index (Phi) is 4.84. The van der Waals surface area contributed by atoms with Crippen LogP contribution < -0.4 is 5.32 Å². The molecule has 2 aromatic rings. The van der Waals surface area contributed by atoms with E-state index in [1.807, 2.05) is 38.1 Å². The first-order chi connectivity index (χ1) is 9.49. The van der Waals surface area contributed by atoms with Crippen molar-refractivity contribution in [1.82, 2.24) is 5.32 Å². The molecule has 0 saturated carbocycles. The van der Waals surface area contributed by atoms with Crippen LogP contribution in [0.15, 0.2) is 46.9 Å². The van der Waals surface area contributed by atoms with E-state index in [1.54, 1.807) is 18.2 Å². The third kappa shape index (κ3) is 3.41. The first kappa shape index (κ1) is 15.1. The Bertz CT molecular complexity index is 625. The summed E-state index contributed by atoms with van der Waals surface area (Å²) in [6, 6.07) is 13.2. The van der Waals surface area contributed by atoms with Crippen LogP contribution in [0.1, 0.15) is 34.5 Å². The molecule has 2 nitrogen and oxygen atoms in total. The van der Waals surface area contributed by atoms with E-state index in [9.17, 15) is 4.79 Å². The predicted octanol–water partition coefficient (Wildman–Crippen LogP) is 4.90. The third-order valence-corrected chi connectivity index (χ3v) is 4.17. The topological polar surface area (TPSA) is 29.1 Å². The van der Waals surface area contributed by atoms with Gasteiger partial charge < -0.3 is 5.32 Å². The molecule has 2 aromatic carbocycles. The summed E-state index contributed by atoms with van der Waals surface area (Å²) in [5.74, 6) is -0.111. The summed E-state index contributed by atoms with van der Waals surface area (Å²) in [5, 5.41) is 3.59. The van der Waals surface area contributed by atoms with Gasteiger partial charge in [0.25, 0.3) is 5.91 Å². The van der Waals surface area contributed by atoms with Crippen LogP contribution in [0.3, 0.4) is 0 Å². The number of carbonyl (C=O) groups excluding carboxylic acids is 1. The highest BCUT2D eigenvalue weighted by Gasteiger charge is 2.14. The molecular formula is C16H15BrClNO. The number of halogens is 2. The van der Waals surface area contributed by atoms with Crippen LogP contribution in [0.4, 0.5) is 0 Å². The van der Waals surface area contributed by atoms with Crippen molar-refractivity contribution in [1.29, 1.82) is 0 Å². The second kappa shape index (κ2) is 6.42. The first-order valence-corrected chi connectivity index (χ1v) is 7.47. The van der Waals surface area contributed by atoms with Gasteiger partial charge in [0.2, 0.25) is 0 Å². The average Bonchev–Trinajstić information content (AvgIpc) is 2.42. The molecule has 0 spiro atoms. The van der Waals surface area contributed by atoms with Crippen molar-refractivity contribution in [3.8, 4) is 0 Å². The lowest BCUT2D eigenvalue weighted by Gasteiger charge is -2.15. The zero-order valence-electron chi connectivity index (χ0n) is 11.3. The van der Waals surface area contributed by atoms with E-state index in [0.717, 1.165) is 15.6 Å². The summed E-state index contributed by atoms with van der Waals surface area (Å²) in [7, 11) is 0. The second-order valence-corrected chi connectivity index (χ2v) is 5.98. The van der Waals surface area contributed by atoms with Gasteiger partial charge in [0.05, 0.1) is 6.04 Å². The van der Waals surface area contributed by atoms with E-state index in [-0.39, 0.29) is 11.9 Å². The van der Waals surface area contributed by atoms with Gasteiger partial charge >= 0.3 is 0 Å². The number of rotatable bonds is 3. The summed E-state index contributed by atoms with van der Waals surface area (Å²) in [6.07, 6.45) is 0. The third-order valence-electron chi connectivity index (χ3n) is 3.23. The molecule has 4 heteroatoms. The van der Waals surface area contributed by atoms with Gasteiger partial charge in [-0.25, -0.2) is 0 Å². The molecule has 104 valence electrons. The fourth-order valence-corrected chi connectivity index (χ4v) is 2.40. The maximum atomic E-state index is 12.3. The molecule has 0 aliphatic rings. The molecule has 0 heterocycles. The largest absolute Gasteiger partial charge is 0.346 e. The predicted molar refractivity (Wildman–Crippen MR) is 86.2 cm³/mol. The normalized spacial score (nSPS) is 12.0. The van der Waals surface area contributed by atoms with Crippen molar-refractivity contribution in [2.24, 2.45) is 0 Å². The Morgan fingerprint density at radius 2 is 1.85 bits per heavy atom. The number of nitrogens with one attached hydrogen (secondary N) is 1. The lowest BCUT2D eigenvalue weighted by atomic mass is 10.1. The average molecular weight is 353 g/mol. The Balaban J connectivity index is 2.15. The molecule has 0 aliphatic heterocycles. The van der Waals surface area contributed by atoms with E-state index < -0.39 is 0 Å². The highest BCUT2D eigenvalue weighted by atomic mass is 79.9. The molecule has 1 N–H and O–H groups in total. The van der Waals surface area contributed by atoms with E-state index >= 15 is 0 Å². The van der Waals surface area contributed by atoms with Crippen molar-refractivity contribution in [3.05, 3.63) is 68.7 Å². The second-order valence-electron chi connectivity index (χ2n) is 4.66.